The third-order valence-corrected chi connectivity index (χ3v) is 8.13. The van der Waals surface area contributed by atoms with Crippen LogP contribution >= 0.6 is 0 Å². The quantitative estimate of drug-likeness (QED) is 0.708. The van der Waals surface area contributed by atoms with Gasteiger partial charge in [-0.05, 0) is 48.3 Å². The minimum Gasteiger partial charge on any atom is -0.497 e. The molecule has 6 heteroatoms. The van der Waals surface area contributed by atoms with E-state index >= 15 is 0 Å². The van der Waals surface area contributed by atoms with E-state index in [4.69, 9.17) is 18.9 Å². The number of carbonyl (C=O) groups is 1. The highest BCUT2D eigenvalue weighted by Gasteiger charge is 2.59. The topological polar surface area (TPSA) is 74.2 Å². The van der Waals surface area contributed by atoms with Gasteiger partial charge in [0.25, 0.3) is 0 Å². The minimum atomic E-state index is -0.436. The number of fused-ring (bicyclic) bond motifs is 1. The maximum atomic E-state index is 13.0. The van der Waals surface area contributed by atoms with Crippen LogP contribution in [0.2, 0.25) is 0 Å². The van der Waals surface area contributed by atoms with E-state index in [0.29, 0.717) is 51.5 Å². The summed E-state index contributed by atoms with van der Waals surface area (Å²) in [5.41, 5.74) is 0.502. The van der Waals surface area contributed by atoms with E-state index < -0.39 is 11.5 Å². The molecule has 1 N–H and O–H groups in total. The molecule has 0 aromatic heterocycles. The molecule has 2 saturated carbocycles. The van der Waals surface area contributed by atoms with Crippen molar-refractivity contribution in [3.63, 3.8) is 0 Å². The molecule has 1 aliphatic heterocycles. The van der Waals surface area contributed by atoms with Crippen molar-refractivity contribution in [1.29, 1.82) is 0 Å². The molecule has 0 radical (unpaired) electrons. The number of hydrogen-bond acceptors (Lipinski definition) is 6. The summed E-state index contributed by atoms with van der Waals surface area (Å²) in [7, 11) is 1.65. The number of Topliss-reactive ketones (excluding diaryl/α,β-unsaturated/α-hetero) is 1. The van der Waals surface area contributed by atoms with Crippen LogP contribution in [0.25, 0.3) is 0 Å². The average Bonchev–Trinajstić information content (AvgIpc) is 3.28. The van der Waals surface area contributed by atoms with Gasteiger partial charge in [0, 0.05) is 24.2 Å². The van der Waals surface area contributed by atoms with Crippen LogP contribution in [0.5, 0.6) is 5.75 Å². The molecule has 0 amide bonds. The lowest BCUT2D eigenvalue weighted by molar-refractivity contribution is -0.185. The molecule has 0 unspecified atom stereocenters. The lowest BCUT2D eigenvalue weighted by Gasteiger charge is -2.59. The second-order valence-corrected chi connectivity index (χ2v) is 9.92. The lowest BCUT2D eigenvalue weighted by Crippen LogP contribution is -2.59. The van der Waals surface area contributed by atoms with Crippen molar-refractivity contribution in [2.75, 3.05) is 26.9 Å². The molecular weight excluding hydrogens is 396 g/mol. The highest BCUT2D eigenvalue weighted by Crippen LogP contribution is 2.60. The molecule has 1 heterocycles. The summed E-state index contributed by atoms with van der Waals surface area (Å²) in [5, 5.41) is 11.1. The van der Waals surface area contributed by atoms with Crippen LogP contribution in [-0.4, -0.2) is 50.2 Å². The Bertz CT molecular complexity index is 758. The number of aliphatic hydroxyl groups is 1. The Hall–Kier alpha value is -1.47. The number of benzene rings is 1. The van der Waals surface area contributed by atoms with Crippen molar-refractivity contribution in [1.82, 2.24) is 0 Å². The van der Waals surface area contributed by atoms with Crippen molar-refractivity contribution in [2.45, 2.75) is 65.0 Å². The van der Waals surface area contributed by atoms with Crippen molar-refractivity contribution >= 4 is 5.78 Å². The van der Waals surface area contributed by atoms with Gasteiger partial charge in [0.1, 0.15) is 11.5 Å². The van der Waals surface area contributed by atoms with Crippen LogP contribution in [0.3, 0.4) is 0 Å². The molecule has 1 aromatic carbocycles. The van der Waals surface area contributed by atoms with Gasteiger partial charge < -0.3 is 24.1 Å². The first-order chi connectivity index (χ1) is 14.9. The van der Waals surface area contributed by atoms with Crippen LogP contribution < -0.4 is 4.74 Å². The summed E-state index contributed by atoms with van der Waals surface area (Å²) in [4.78, 5) is 13.0. The zero-order chi connectivity index (χ0) is 22.1. The largest absolute Gasteiger partial charge is 0.497 e. The fourth-order valence-electron chi connectivity index (χ4n) is 6.29. The van der Waals surface area contributed by atoms with Gasteiger partial charge in [0.15, 0.2) is 6.29 Å². The molecule has 31 heavy (non-hydrogen) atoms. The van der Waals surface area contributed by atoms with Gasteiger partial charge in [-0.1, -0.05) is 26.0 Å². The van der Waals surface area contributed by atoms with Crippen LogP contribution in [-0.2, 0) is 25.6 Å². The van der Waals surface area contributed by atoms with Gasteiger partial charge >= 0.3 is 0 Å². The van der Waals surface area contributed by atoms with Crippen LogP contribution in [0.15, 0.2) is 24.3 Å². The van der Waals surface area contributed by atoms with Crippen LogP contribution in [0.4, 0.5) is 0 Å². The first-order valence-corrected chi connectivity index (χ1v) is 11.5. The Morgan fingerprint density at radius 2 is 1.84 bits per heavy atom. The zero-order valence-corrected chi connectivity index (χ0v) is 19.0. The van der Waals surface area contributed by atoms with Gasteiger partial charge in [0.2, 0.25) is 0 Å². The number of ether oxygens (including phenoxy) is 4. The SMILES string of the molecule is COc1ccc(COC[C@@]2(C)[C@@H]3CCC(=O)[C@@H](CC4OCCO4)[C@@]3(C)CC[C@@H]2O)cc1. The van der Waals surface area contributed by atoms with E-state index in [-0.39, 0.29) is 23.5 Å². The Morgan fingerprint density at radius 3 is 2.52 bits per heavy atom. The minimum absolute atomic E-state index is 0.0947. The molecule has 5 atom stereocenters. The Kier molecular flexibility index (Phi) is 6.73. The number of methoxy groups -OCH3 is 1. The summed E-state index contributed by atoms with van der Waals surface area (Å²) in [6.07, 6.45) is 2.78. The first kappa shape index (κ1) is 22.7. The molecule has 3 fully saturated rings. The van der Waals surface area contributed by atoms with E-state index in [2.05, 4.69) is 13.8 Å². The molecule has 1 saturated heterocycles. The number of hydrogen-bond donors (Lipinski definition) is 1. The Balaban J connectivity index is 1.47. The highest BCUT2D eigenvalue weighted by atomic mass is 16.7. The van der Waals surface area contributed by atoms with E-state index in [1.165, 1.54) is 0 Å². The smallest absolute Gasteiger partial charge is 0.158 e. The van der Waals surface area contributed by atoms with Crippen LogP contribution in [0.1, 0.15) is 51.5 Å². The summed E-state index contributed by atoms with van der Waals surface area (Å²) in [5.74, 6) is 1.25. The predicted molar refractivity (Wildman–Crippen MR) is 116 cm³/mol. The maximum Gasteiger partial charge on any atom is 0.158 e. The fraction of sp³-hybridized carbons (Fsp3) is 0.720. The number of rotatable bonds is 7. The molecule has 0 spiro atoms. The summed E-state index contributed by atoms with van der Waals surface area (Å²) >= 11 is 0. The van der Waals surface area contributed by atoms with Gasteiger partial charge in [0.05, 0.1) is 39.6 Å². The normalized spacial score (nSPS) is 36.4. The molecule has 3 aliphatic rings. The van der Waals surface area contributed by atoms with Gasteiger partial charge in [-0.25, -0.2) is 0 Å². The number of ketones is 1. The van der Waals surface area contributed by atoms with Gasteiger partial charge in [-0.15, -0.1) is 0 Å². The molecule has 2 aliphatic carbocycles. The van der Waals surface area contributed by atoms with E-state index in [9.17, 15) is 9.90 Å². The second-order valence-electron chi connectivity index (χ2n) is 9.92. The Labute approximate surface area is 185 Å². The standard InChI is InChI=1S/C25H36O6/c1-24-11-10-22(27)25(2,16-29-15-17-4-6-18(28-3)7-5-17)21(24)9-8-20(26)19(24)14-23-30-12-13-31-23/h4-7,19,21-23,27H,8-16H2,1-3H3/t19-,21-,22+,24-,25+/m1/s1. The average molecular weight is 433 g/mol. The molecular formula is C25H36O6. The Morgan fingerprint density at radius 1 is 1.13 bits per heavy atom. The first-order valence-electron chi connectivity index (χ1n) is 11.5. The maximum absolute atomic E-state index is 13.0. The second kappa shape index (κ2) is 9.18. The molecule has 4 rings (SSSR count). The van der Waals surface area contributed by atoms with Crippen LogP contribution in [0, 0.1) is 22.7 Å². The summed E-state index contributed by atoms with van der Waals surface area (Å²) in [6.45, 7) is 6.54. The molecule has 0 bridgehead atoms. The van der Waals surface area contributed by atoms with Gasteiger partial charge in [-0.3, -0.25) is 4.79 Å². The third-order valence-electron chi connectivity index (χ3n) is 8.13. The van der Waals surface area contributed by atoms with E-state index in [0.717, 1.165) is 24.2 Å². The van der Waals surface area contributed by atoms with Crippen molar-refractivity contribution < 1.29 is 28.8 Å². The monoisotopic (exact) mass is 432 g/mol. The zero-order valence-electron chi connectivity index (χ0n) is 19.0. The number of carbonyl (C=O) groups excluding carboxylic acids is 1. The molecule has 6 nitrogen and oxygen atoms in total. The van der Waals surface area contributed by atoms with E-state index in [1.54, 1.807) is 7.11 Å². The summed E-state index contributed by atoms with van der Waals surface area (Å²) < 4.78 is 22.7. The highest BCUT2D eigenvalue weighted by molar-refractivity contribution is 5.83. The van der Waals surface area contributed by atoms with Crippen molar-refractivity contribution in [3.05, 3.63) is 29.8 Å². The number of aliphatic hydroxyl groups excluding tert-OH is 1. The van der Waals surface area contributed by atoms with Crippen molar-refractivity contribution in [3.8, 4) is 5.75 Å². The van der Waals surface area contributed by atoms with Gasteiger partial charge in [-0.2, -0.15) is 0 Å². The lowest BCUT2D eigenvalue weighted by atomic mass is 9.46. The molecule has 172 valence electrons. The van der Waals surface area contributed by atoms with E-state index in [1.807, 2.05) is 24.3 Å². The van der Waals surface area contributed by atoms with Crippen molar-refractivity contribution in [2.24, 2.45) is 22.7 Å². The summed E-state index contributed by atoms with van der Waals surface area (Å²) in [6, 6.07) is 7.86. The third kappa shape index (κ3) is 4.40. The fourth-order valence-corrected chi connectivity index (χ4v) is 6.29. The molecule has 1 aromatic rings. The predicted octanol–water partition coefficient (Wildman–Crippen LogP) is 3.74.